The number of carbonyl (C=O) groups excluding carboxylic acids is 1. The molecular formula is C38H53F5O8. The van der Waals surface area contributed by atoms with Crippen LogP contribution in [0.3, 0.4) is 0 Å². The van der Waals surface area contributed by atoms with E-state index < -0.39 is 42.9 Å². The van der Waals surface area contributed by atoms with Crippen molar-refractivity contribution >= 4 is 5.97 Å². The van der Waals surface area contributed by atoms with Crippen LogP contribution in [0.5, 0.6) is 17.2 Å². The lowest BCUT2D eigenvalue weighted by Gasteiger charge is -2.43. The first-order chi connectivity index (χ1) is 24.3. The Kier molecular flexibility index (Phi) is 16.7. The number of esters is 1. The topological polar surface area (TPSA) is 92.7 Å². The summed E-state index contributed by atoms with van der Waals surface area (Å²) in [6, 6.07) is 13.9. The molecule has 0 aliphatic carbocycles. The number of alkyl halides is 5. The fourth-order valence-corrected chi connectivity index (χ4v) is 6.62. The van der Waals surface area contributed by atoms with E-state index in [2.05, 4.69) is 25.1 Å². The van der Waals surface area contributed by atoms with Crippen LogP contribution in [0, 0.1) is 5.92 Å². The van der Waals surface area contributed by atoms with Crippen LogP contribution in [0.25, 0.3) is 0 Å². The molecule has 1 aliphatic rings. The van der Waals surface area contributed by atoms with Crippen molar-refractivity contribution in [1.29, 1.82) is 0 Å². The van der Waals surface area contributed by atoms with Gasteiger partial charge in [0.15, 0.2) is 13.6 Å². The third-order valence-corrected chi connectivity index (χ3v) is 9.59. The van der Waals surface area contributed by atoms with E-state index in [0.717, 1.165) is 67.6 Å². The predicted octanol–water partition coefficient (Wildman–Crippen LogP) is 9.11. The quantitative estimate of drug-likeness (QED) is 0.0524. The fraction of sp³-hybridized carbons (Fsp3) is 0.658. The summed E-state index contributed by atoms with van der Waals surface area (Å²) < 4.78 is 97.1. The Morgan fingerprint density at radius 3 is 2.08 bits per heavy atom. The monoisotopic (exact) mass is 732 g/mol. The molecule has 1 aliphatic heterocycles. The minimum atomic E-state index is -5.71. The van der Waals surface area contributed by atoms with Crippen molar-refractivity contribution in [2.45, 2.75) is 114 Å². The lowest BCUT2D eigenvalue weighted by atomic mass is 9.66. The van der Waals surface area contributed by atoms with Gasteiger partial charge in [-0.1, -0.05) is 70.1 Å². The van der Waals surface area contributed by atoms with Crippen molar-refractivity contribution in [3.8, 4) is 17.2 Å². The molecule has 3 rings (SSSR count). The normalized spacial score (nSPS) is 18.7. The van der Waals surface area contributed by atoms with Crippen LogP contribution in [0.1, 0.15) is 102 Å². The van der Waals surface area contributed by atoms with E-state index in [1.54, 1.807) is 21.1 Å². The van der Waals surface area contributed by atoms with Crippen LogP contribution < -0.4 is 14.2 Å². The van der Waals surface area contributed by atoms with Crippen LogP contribution in [-0.4, -0.2) is 70.3 Å². The highest BCUT2D eigenvalue weighted by atomic mass is 19.4. The third kappa shape index (κ3) is 12.2. The number of fused-ring (bicyclic) bond motifs is 1. The lowest BCUT2D eigenvalue weighted by molar-refractivity contribution is -0.285. The standard InChI is InChI=1S/C38H53F5O8/c1-5-48-35(45)31(33(44)21-22-37(39,40)38(41,42)43)13-11-9-7-6-8-10-12-14-32-30-20-19-29(51-26-47-4)23-34(30)49-24-36(32,2)27-15-17-28(18-16-27)50-25-46-3/h15-20,23,31-33,44H,5-14,21-22,24-26H2,1-4H3/t31?,32-,33?,36-/m1/s1. The van der Waals surface area contributed by atoms with Gasteiger partial charge in [0.25, 0.3) is 0 Å². The molecule has 0 saturated carbocycles. The van der Waals surface area contributed by atoms with Crippen LogP contribution in [-0.2, 0) is 24.4 Å². The summed E-state index contributed by atoms with van der Waals surface area (Å²) in [7, 11) is 3.14. The molecule has 51 heavy (non-hydrogen) atoms. The first-order valence-electron chi connectivity index (χ1n) is 17.7. The fourth-order valence-electron chi connectivity index (χ4n) is 6.62. The van der Waals surface area contributed by atoms with Gasteiger partial charge < -0.3 is 33.5 Å². The molecular weight excluding hydrogens is 679 g/mol. The summed E-state index contributed by atoms with van der Waals surface area (Å²) in [6.07, 6.45) is -2.72. The van der Waals surface area contributed by atoms with E-state index >= 15 is 0 Å². The van der Waals surface area contributed by atoms with Crippen molar-refractivity contribution in [2.24, 2.45) is 5.92 Å². The molecule has 13 heteroatoms. The second-order valence-electron chi connectivity index (χ2n) is 13.3. The molecule has 0 fully saturated rings. The van der Waals surface area contributed by atoms with E-state index in [4.69, 9.17) is 28.4 Å². The van der Waals surface area contributed by atoms with Gasteiger partial charge >= 0.3 is 18.1 Å². The van der Waals surface area contributed by atoms with Gasteiger partial charge in [0.05, 0.1) is 25.2 Å². The van der Waals surface area contributed by atoms with Gasteiger partial charge in [0.1, 0.15) is 17.2 Å². The summed E-state index contributed by atoms with van der Waals surface area (Å²) in [5.74, 6) is -4.51. The molecule has 0 saturated heterocycles. The van der Waals surface area contributed by atoms with E-state index in [9.17, 15) is 31.9 Å². The van der Waals surface area contributed by atoms with Crippen molar-refractivity contribution in [2.75, 3.05) is 41.0 Å². The first kappa shape index (κ1) is 42.3. The second-order valence-corrected chi connectivity index (χ2v) is 13.3. The van der Waals surface area contributed by atoms with Crippen LogP contribution >= 0.6 is 0 Å². The molecule has 2 aromatic rings. The number of rotatable bonds is 23. The molecule has 0 amide bonds. The van der Waals surface area contributed by atoms with Crippen molar-refractivity contribution in [1.82, 2.24) is 0 Å². The molecule has 8 nitrogen and oxygen atoms in total. The summed E-state index contributed by atoms with van der Waals surface area (Å²) in [4.78, 5) is 12.4. The lowest BCUT2D eigenvalue weighted by Crippen LogP contribution is -2.40. The van der Waals surface area contributed by atoms with Crippen LogP contribution in [0.4, 0.5) is 22.0 Å². The highest BCUT2D eigenvalue weighted by Crippen LogP contribution is 2.50. The molecule has 0 radical (unpaired) electrons. The molecule has 288 valence electrons. The average molecular weight is 733 g/mol. The zero-order chi connectivity index (χ0) is 37.5. The van der Waals surface area contributed by atoms with Gasteiger partial charge in [0, 0.05) is 38.0 Å². The third-order valence-electron chi connectivity index (χ3n) is 9.59. The molecule has 2 unspecified atom stereocenters. The van der Waals surface area contributed by atoms with E-state index in [1.807, 2.05) is 24.3 Å². The predicted molar refractivity (Wildman–Crippen MR) is 181 cm³/mol. The number of aliphatic hydroxyl groups is 1. The smallest absolute Gasteiger partial charge is 0.453 e. The second kappa shape index (κ2) is 20.2. The molecule has 1 heterocycles. The number of hydrogen-bond donors (Lipinski definition) is 1. The molecule has 0 spiro atoms. The maximum absolute atomic E-state index is 13.4. The number of ether oxygens (including phenoxy) is 6. The Morgan fingerprint density at radius 1 is 0.882 bits per heavy atom. The summed E-state index contributed by atoms with van der Waals surface area (Å²) in [5.41, 5.74) is 1.96. The van der Waals surface area contributed by atoms with Crippen molar-refractivity contribution in [3.05, 3.63) is 53.6 Å². The summed E-state index contributed by atoms with van der Waals surface area (Å²) in [6.45, 7) is 4.59. The highest BCUT2D eigenvalue weighted by molar-refractivity contribution is 5.73. The number of aliphatic hydroxyl groups excluding tert-OH is 1. The number of benzene rings is 2. The number of carbonyl (C=O) groups is 1. The van der Waals surface area contributed by atoms with Gasteiger partial charge in [0.2, 0.25) is 0 Å². The van der Waals surface area contributed by atoms with Crippen molar-refractivity contribution < 1.29 is 60.3 Å². The molecule has 0 bridgehead atoms. The van der Waals surface area contributed by atoms with Gasteiger partial charge in [-0.25, -0.2) is 0 Å². The Bertz CT molecular complexity index is 1320. The zero-order valence-corrected chi connectivity index (χ0v) is 30.1. The van der Waals surface area contributed by atoms with Crippen LogP contribution in [0.2, 0.25) is 0 Å². The van der Waals surface area contributed by atoms with E-state index in [1.165, 1.54) is 0 Å². The average Bonchev–Trinajstić information content (AvgIpc) is 3.10. The molecule has 4 atom stereocenters. The Morgan fingerprint density at radius 2 is 1.47 bits per heavy atom. The van der Waals surface area contributed by atoms with E-state index in [-0.39, 0.29) is 37.9 Å². The molecule has 0 aromatic heterocycles. The van der Waals surface area contributed by atoms with Crippen molar-refractivity contribution in [3.63, 3.8) is 0 Å². The molecule has 1 N–H and O–H groups in total. The zero-order valence-electron chi connectivity index (χ0n) is 30.1. The summed E-state index contributed by atoms with van der Waals surface area (Å²) in [5, 5.41) is 10.4. The van der Waals surface area contributed by atoms with Gasteiger partial charge in [-0.2, -0.15) is 22.0 Å². The number of hydrogen-bond acceptors (Lipinski definition) is 8. The Balaban J connectivity index is 1.53. The highest BCUT2D eigenvalue weighted by Gasteiger charge is 2.57. The Labute approximate surface area is 297 Å². The number of methoxy groups -OCH3 is 2. The van der Waals surface area contributed by atoms with Gasteiger partial charge in [-0.05, 0) is 55.5 Å². The van der Waals surface area contributed by atoms with Gasteiger partial charge in [-0.3, -0.25) is 4.79 Å². The minimum Gasteiger partial charge on any atom is -0.492 e. The Hall–Kier alpha value is -3.16. The minimum absolute atomic E-state index is 0.0132. The van der Waals surface area contributed by atoms with E-state index in [0.29, 0.717) is 18.8 Å². The first-order valence-corrected chi connectivity index (χ1v) is 17.7. The number of unbranched alkanes of at least 4 members (excludes halogenated alkanes) is 6. The summed E-state index contributed by atoms with van der Waals surface area (Å²) >= 11 is 0. The van der Waals surface area contributed by atoms with Crippen LogP contribution in [0.15, 0.2) is 42.5 Å². The largest absolute Gasteiger partial charge is 0.492 e. The maximum atomic E-state index is 13.4. The number of halogens is 5. The maximum Gasteiger partial charge on any atom is 0.453 e. The van der Waals surface area contributed by atoms with Gasteiger partial charge in [-0.15, -0.1) is 0 Å². The molecule has 2 aromatic carbocycles. The SMILES string of the molecule is CCOC(=O)C(CCCCCCCCC[C@@H]1c2ccc(OCOC)cc2OC[C@]1(C)c1ccc(OCOC)cc1)C(O)CCC(F)(F)C(F)(F)F.